The van der Waals surface area contributed by atoms with E-state index in [0.29, 0.717) is 12.4 Å². The van der Waals surface area contributed by atoms with Crippen LogP contribution in [0.25, 0.3) is 22.3 Å². The van der Waals surface area contributed by atoms with Gasteiger partial charge in [-0.3, -0.25) is 9.59 Å². The second-order valence-corrected chi connectivity index (χ2v) is 14.8. The number of H-pyrrole nitrogens is 2. The maximum Gasteiger partial charge on any atom is 0.407 e. The molecular formula is C41H50N8O6. The summed E-state index contributed by atoms with van der Waals surface area (Å²) in [5.74, 6) is 7.65. The van der Waals surface area contributed by atoms with Crippen LogP contribution >= 0.6 is 0 Å². The van der Waals surface area contributed by atoms with Gasteiger partial charge in [-0.25, -0.2) is 19.8 Å². The molecule has 5 atom stereocenters. The average molecular weight is 751 g/mol. The first-order valence-electron chi connectivity index (χ1n) is 18.8. The molecule has 3 N–H and O–H groups in total. The van der Waals surface area contributed by atoms with Crippen LogP contribution in [0.5, 0.6) is 0 Å². The fourth-order valence-electron chi connectivity index (χ4n) is 7.42. The smallest absolute Gasteiger partial charge is 0.407 e. The van der Waals surface area contributed by atoms with Crippen LogP contribution in [0.15, 0.2) is 53.7 Å². The summed E-state index contributed by atoms with van der Waals surface area (Å²) in [6.45, 7) is 10.4. The molecule has 2 aliphatic heterocycles. The average Bonchev–Trinajstić information content (AvgIpc) is 4.00. The van der Waals surface area contributed by atoms with Gasteiger partial charge in [0.15, 0.2) is 0 Å². The number of amides is 3. The molecule has 0 saturated carbocycles. The summed E-state index contributed by atoms with van der Waals surface area (Å²) in [6, 6.07) is 12.1. The highest BCUT2D eigenvalue weighted by Crippen LogP contribution is 2.37. The first kappa shape index (κ1) is 39.0. The summed E-state index contributed by atoms with van der Waals surface area (Å²) in [4.78, 5) is 73.1. The van der Waals surface area contributed by atoms with E-state index < -0.39 is 18.2 Å². The van der Waals surface area contributed by atoms with E-state index in [1.54, 1.807) is 6.20 Å². The van der Waals surface area contributed by atoms with E-state index in [4.69, 9.17) is 14.6 Å². The lowest BCUT2D eigenvalue weighted by molar-refractivity contribution is -0.188. The molecular weight excluding hydrogens is 701 g/mol. The molecule has 3 amide bonds. The van der Waals surface area contributed by atoms with Gasteiger partial charge in [0.2, 0.25) is 18.2 Å². The molecule has 0 unspecified atom stereocenters. The number of fused-ring (bicyclic) bond motifs is 1. The molecule has 0 aliphatic carbocycles. The van der Waals surface area contributed by atoms with Gasteiger partial charge in [-0.05, 0) is 80.3 Å². The van der Waals surface area contributed by atoms with Crippen molar-refractivity contribution in [2.45, 2.75) is 90.5 Å². The zero-order valence-electron chi connectivity index (χ0n) is 32.5. The van der Waals surface area contributed by atoms with Crippen molar-refractivity contribution in [2.75, 3.05) is 20.8 Å². The fraction of sp³-hybridized carbons (Fsp3) is 0.463. The summed E-state index contributed by atoms with van der Waals surface area (Å²) >= 11 is 0. The van der Waals surface area contributed by atoms with Gasteiger partial charge < -0.3 is 34.7 Å². The van der Waals surface area contributed by atoms with Crippen molar-refractivity contribution in [3.8, 4) is 23.1 Å². The number of likely N-dealkylation sites (tertiary alicyclic amines) is 2. The molecule has 2 saturated heterocycles. The molecule has 4 heterocycles. The number of carbonyl (C=O) groups excluding carboxylic acids is 3. The quantitative estimate of drug-likeness (QED) is 0.0545. The minimum atomic E-state index is -0.709. The number of rotatable bonds is 11. The molecule has 0 radical (unpaired) electrons. The summed E-state index contributed by atoms with van der Waals surface area (Å²) < 4.78 is 4.78. The lowest BCUT2D eigenvalue weighted by Crippen LogP contribution is -2.52. The molecule has 55 heavy (non-hydrogen) atoms. The number of hydrogen-bond acceptors (Lipinski definition) is 9. The van der Waals surface area contributed by atoms with Gasteiger partial charge in [0.05, 0.1) is 49.2 Å². The van der Waals surface area contributed by atoms with Crippen LogP contribution in [-0.2, 0) is 24.1 Å². The van der Waals surface area contributed by atoms with Crippen LogP contribution in [0.3, 0.4) is 0 Å². The van der Waals surface area contributed by atoms with E-state index in [2.05, 4.69) is 42.0 Å². The Balaban J connectivity index is 1.13. The molecule has 14 heteroatoms. The van der Waals surface area contributed by atoms with Crippen molar-refractivity contribution in [3.05, 3.63) is 71.4 Å². The third-order valence-electron chi connectivity index (χ3n) is 10.4. The van der Waals surface area contributed by atoms with Crippen molar-refractivity contribution in [1.29, 1.82) is 0 Å². The Morgan fingerprint density at radius 3 is 2.38 bits per heavy atom. The van der Waals surface area contributed by atoms with Crippen molar-refractivity contribution in [1.82, 2.24) is 35.1 Å². The van der Waals surface area contributed by atoms with E-state index in [-0.39, 0.29) is 41.8 Å². The Hall–Kier alpha value is -5.68. The van der Waals surface area contributed by atoms with E-state index >= 15 is 0 Å². The Morgan fingerprint density at radius 1 is 0.927 bits per heavy atom. The van der Waals surface area contributed by atoms with Crippen LogP contribution < -0.4 is 5.32 Å². The third kappa shape index (κ3) is 8.67. The number of imidazole rings is 2. The molecule has 0 spiro atoms. The number of aliphatic imine (C=N–C) groups is 1. The Bertz CT molecular complexity index is 2080. The number of nitrogens with zero attached hydrogens (tertiary/aromatic N) is 5. The first-order valence-corrected chi connectivity index (χ1v) is 18.8. The Labute approximate surface area is 321 Å². The molecule has 4 aromatic rings. The fourth-order valence-corrected chi connectivity index (χ4v) is 7.42. The first-order chi connectivity index (χ1) is 26.5. The number of aromatic nitrogens is 4. The van der Waals surface area contributed by atoms with Gasteiger partial charge in [-0.2, -0.15) is 4.89 Å². The number of carbonyl (C=O) groups is 3. The SMILES string of the molecule is COO/C=N\[C@H](C(=O)N1CCC[C@H]1c1ncc(-c2ccc(C#Cc3ccc4nc([C@@H]5CC[C@H](C)N5C(=O)[C@@H](NC(=O)OC)C(C)C)[nH]c4c3)cc2)[nH]1)C(C)C. The van der Waals surface area contributed by atoms with Crippen LogP contribution in [0.1, 0.15) is 95.2 Å². The topological polar surface area (TPSA) is 167 Å². The van der Waals surface area contributed by atoms with E-state index in [0.717, 1.165) is 64.9 Å². The molecule has 6 rings (SSSR count). The molecule has 290 valence electrons. The largest absolute Gasteiger partial charge is 0.453 e. The highest BCUT2D eigenvalue weighted by Gasteiger charge is 2.41. The summed E-state index contributed by atoms with van der Waals surface area (Å²) in [5.41, 5.74) is 5.13. The number of alkyl carbamates (subject to hydrolysis) is 1. The predicted octanol–water partition coefficient (Wildman–Crippen LogP) is 6.08. The Kier molecular flexibility index (Phi) is 12.2. The zero-order chi connectivity index (χ0) is 39.2. The van der Waals surface area contributed by atoms with Crippen LogP contribution in [-0.4, -0.2) is 92.9 Å². The van der Waals surface area contributed by atoms with Crippen molar-refractivity contribution >= 4 is 35.3 Å². The van der Waals surface area contributed by atoms with Gasteiger partial charge in [-0.1, -0.05) is 51.7 Å². The van der Waals surface area contributed by atoms with Gasteiger partial charge in [0.1, 0.15) is 23.7 Å². The van der Waals surface area contributed by atoms with E-state index in [1.165, 1.54) is 20.6 Å². The second-order valence-electron chi connectivity index (χ2n) is 14.8. The standard InChI is InChI=1S/C41H50N8O6/c1-24(2)35(43-23-55-54-7)39(50)48-20-8-9-33(48)37-42-22-32(46-37)29-16-13-27(14-17-29)11-12-28-15-18-30-31(21-28)45-38(44-30)34-19-10-26(5)49(34)40(51)36(25(3)4)47-41(52)53-6/h13-18,21-26,33-36H,8-10,19-20H2,1-7H3,(H,42,46)(H,44,45)(H,47,52)/b43-23-/t26-,33-,34-,35-,36-/m0/s1. The van der Waals surface area contributed by atoms with Crippen LogP contribution in [0.2, 0.25) is 0 Å². The zero-order valence-corrected chi connectivity index (χ0v) is 32.5. The molecule has 2 aromatic carbocycles. The third-order valence-corrected chi connectivity index (χ3v) is 10.4. The molecule has 2 aliphatic rings. The lowest BCUT2D eigenvalue weighted by Gasteiger charge is -2.32. The number of aromatic amines is 2. The second kappa shape index (κ2) is 17.2. The van der Waals surface area contributed by atoms with Crippen molar-refractivity contribution < 1.29 is 28.9 Å². The molecule has 2 aromatic heterocycles. The lowest BCUT2D eigenvalue weighted by atomic mass is 10.0. The minimum Gasteiger partial charge on any atom is -0.453 e. The van der Waals surface area contributed by atoms with Gasteiger partial charge in [0.25, 0.3) is 0 Å². The number of benzene rings is 2. The van der Waals surface area contributed by atoms with Crippen molar-refractivity contribution in [3.63, 3.8) is 0 Å². The molecule has 14 nitrogen and oxygen atoms in total. The predicted molar refractivity (Wildman–Crippen MR) is 207 cm³/mol. The normalized spacial score (nSPS) is 19.5. The van der Waals surface area contributed by atoms with Gasteiger partial charge >= 0.3 is 6.09 Å². The summed E-state index contributed by atoms with van der Waals surface area (Å²) in [7, 11) is 2.68. The minimum absolute atomic E-state index is 0.00565. The maximum atomic E-state index is 13.8. The van der Waals surface area contributed by atoms with E-state index in [1.807, 2.05) is 86.9 Å². The summed E-state index contributed by atoms with van der Waals surface area (Å²) in [6.07, 6.45) is 5.64. The Morgan fingerprint density at radius 2 is 1.67 bits per heavy atom. The van der Waals surface area contributed by atoms with Crippen molar-refractivity contribution in [2.24, 2.45) is 16.8 Å². The summed E-state index contributed by atoms with van der Waals surface area (Å²) in [5, 5.41) is 2.71. The number of methoxy groups -OCH3 is 1. The number of hydrogen-bond donors (Lipinski definition) is 3. The monoisotopic (exact) mass is 750 g/mol. The number of ether oxygens (including phenoxy) is 1. The maximum absolute atomic E-state index is 13.8. The molecule has 0 bridgehead atoms. The highest BCUT2D eigenvalue weighted by molar-refractivity contribution is 5.87. The highest BCUT2D eigenvalue weighted by atomic mass is 17.2. The van der Waals surface area contributed by atoms with E-state index in [9.17, 15) is 14.4 Å². The van der Waals surface area contributed by atoms with Gasteiger partial charge in [0, 0.05) is 23.7 Å². The number of nitrogens with one attached hydrogen (secondary N) is 3. The van der Waals surface area contributed by atoms with Crippen LogP contribution in [0, 0.1) is 23.7 Å². The van der Waals surface area contributed by atoms with Gasteiger partial charge in [-0.15, -0.1) is 0 Å². The van der Waals surface area contributed by atoms with Crippen LogP contribution in [0.4, 0.5) is 4.79 Å². The molecule has 2 fully saturated rings.